The number of nitrogens with zero attached hydrogens (tertiary/aromatic N) is 1. The number of hydrogen-bond acceptors (Lipinski definition) is 3. The van der Waals surface area contributed by atoms with Crippen LogP contribution in [0.15, 0.2) is 18.5 Å². The molecule has 0 unspecified atom stereocenters. The molecule has 1 aliphatic rings. The smallest absolute Gasteiger partial charge is 0.254 e. The first-order chi connectivity index (χ1) is 7.77. The summed E-state index contributed by atoms with van der Waals surface area (Å²) in [5.74, 6) is -0.930. The van der Waals surface area contributed by atoms with Gasteiger partial charge in [-0.15, -0.1) is 0 Å². The second-order valence-electron chi connectivity index (χ2n) is 3.85. The third-order valence-corrected chi connectivity index (χ3v) is 2.69. The minimum Gasteiger partial charge on any atom is -0.349 e. The molecule has 2 rings (SSSR count). The summed E-state index contributed by atoms with van der Waals surface area (Å²) in [7, 11) is 0. The predicted molar refractivity (Wildman–Crippen MR) is 57.6 cm³/mol. The lowest BCUT2D eigenvalue weighted by Gasteiger charge is -2.23. The molecule has 1 amide bonds. The molecule has 2 heterocycles. The Morgan fingerprint density at radius 2 is 2.25 bits per heavy atom. The van der Waals surface area contributed by atoms with E-state index in [0.717, 1.165) is 32.1 Å². The van der Waals surface area contributed by atoms with E-state index in [-0.39, 0.29) is 17.5 Å². The van der Waals surface area contributed by atoms with Crippen LogP contribution in [0.1, 0.15) is 23.2 Å². The van der Waals surface area contributed by atoms with Crippen molar-refractivity contribution in [2.24, 2.45) is 0 Å². The quantitative estimate of drug-likeness (QED) is 0.776. The lowest BCUT2D eigenvalue weighted by atomic mass is 10.1. The number of carbonyl (C=O) groups excluding carboxylic acids is 1. The Balaban J connectivity index is 2.00. The highest BCUT2D eigenvalue weighted by molar-refractivity contribution is 5.94. The van der Waals surface area contributed by atoms with Crippen LogP contribution in [0.3, 0.4) is 0 Å². The highest BCUT2D eigenvalue weighted by atomic mass is 19.1. The van der Waals surface area contributed by atoms with Gasteiger partial charge < -0.3 is 10.6 Å². The summed E-state index contributed by atoms with van der Waals surface area (Å²) in [5.41, 5.74) is 0.0635. The highest BCUT2D eigenvalue weighted by Crippen LogP contribution is 2.07. The lowest BCUT2D eigenvalue weighted by Crippen LogP contribution is -2.42. The maximum atomic E-state index is 13.3. The minimum atomic E-state index is -0.575. The Kier molecular flexibility index (Phi) is 3.46. The van der Waals surface area contributed by atoms with E-state index in [9.17, 15) is 9.18 Å². The SMILES string of the molecule is O=C(NC1CCNCC1)c1ccncc1F. The third kappa shape index (κ3) is 2.55. The molecule has 16 heavy (non-hydrogen) atoms. The van der Waals surface area contributed by atoms with Gasteiger partial charge in [-0.3, -0.25) is 9.78 Å². The van der Waals surface area contributed by atoms with Crippen molar-refractivity contribution in [2.45, 2.75) is 18.9 Å². The number of carbonyl (C=O) groups is 1. The van der Waals surface area contributed by atoms with Crippen LogP contribution in [-0.2, 0) is 0 Å². The average Bonchev–Trinajstić information content (AvgIpc) is 2.31. The molecule has 1 aromatic rings. The molecule has 1 saturated heterocycles. The molecular weight excluding hydrogens is 209 g/mol. The zero-order valence-electron chi connectivity index (χ0n) is 8.87. The number of piperidine rings is 1. The molecule has 2 N–H and O–H groups in total. The van der Waals surface area contributed by atoms with Gasteiger partial charge in [0.2, 0.25) is 0 Å². The van der Waals surface area contributed by atoms with Crippen LogP contribution < -0.4 is 10.6 Å². The van der Waals surface area contributed by atoms with Crippen molar-refractivity contribution in [3.05, 3.63) is 29.8 Å². The number of nitrogens with one attached hydrogen (secondary N) is 2. The fourth-order valence-electron chi connectivity index (χ4n) is 1.79. The van der Waals surface area contributed by atoms with E-state index in [4.69, 9.17) is 0 Å². The van der Waals surface area contributed by atoms with Crippen molar-refractivity contribution in [3.8, 4) is 0 Å². The molecule has 0 aliphatic carbocycles. The summed E-state index contributed by atoms with van der Waals surface area (Å²) in [6.45, 7) is 1.79. The van der Waals surface area contributed by atoms with Crippen LogP contribution in [0.5, 0.6) is 0 Å². The maximum Gasteiger partial charge on any atom is 0.254 e. The van der Waals surface area contributed by atoms with Crippen molar-refractivity contribution < 1.29 is 9.18 Å². The van der Waals surface area contributed by atoms with Gasteiger partial charge in [0, 0.05) is 12.2 Å². The first-order valence-electron chi connectivity index (χ1n) is 5.38. The van der Waals surface area contributed by atoms with Gasteiger partial charge in [-0.25, -0.2) is 4.39 Å². The number of aromatic nitrogens is 1. The second kappa shape index (κ2) is 5.03. The van der Waals surface area contributed by atoms with Crippen molar-refractivity contribution in [2.75, 3.05) is 13.1 Å². The van der Waals surface area contributed by atoms with E-state index >= 15 is 0 Å². The zero-order chi connectivity index (χ0) is 11.4. The summed E-state index contributed by atoms with van der Waals surface area (Å²) in [5, 5.41) is 6.03. The molecule has 0 atom stereocenters. The number of rotatable bonds is 2. The fraction of sp³-hybridized carbons (Fsp3) is 0.455. The Morgan fingerprint density at radius 3 is 2.94 bits per heavy atom. The van der Waals surface area contributed by atoms with Gasteiger partial charge in [0.25, 0.3) is 5.91 Å². The highest BCUT2D eigenvalue weighted by Gasteiger charge is 2.18. The molecule has 0 spiro atoms. The van der Waals surface area contributed by atoms with Crippen LogP contribution >= 0.6 is 0 Å². The van der Waals surface area contributed by atoms with Gasteiger partial charge in [0.1, 0.15) is 0 Å². The topological polar surface area (TPSA) is 54.0 Å². The maximum absolute atomic E-state index is 13.3. The molecular formula is C11H14FN3O. The first kappa shape index (κ1) is 11.0. The molecule has 1 fully saturated rings. The van der Waals surface area contributed by atoms with Crippen LogP contribution in [-0.4, -0.2) is 30.0 Å². The molecule has 0 bridgehead atoms. The van der Waals surface area contributed by atoms with E-state index in [0.29, 0.717) is 0 Å². The Bertz CT molecular complexity index is 377. The molecule has 0 saturated carbocycles. The molecule has 0 radical (unpaired) electrons. The Morgan fingerprint density at radius 1 is 1.50 bits per heavy atom. The van der Waals surface area contributed by atoms with E-state index in [1.54, 1.807) is 0 Å². The van der Waals surface area contributed by atoms with E-state index in [1.807, 2.05) is 0 Å². The fourth-order valence-corrected chi connectivity index (χ4v) is 1.79. The second-order valence-corrected chi connectivity index (χ2v) is 3.85. The monoisotopic (exact) mass is 223 g/mol. The largest absolute Gasteiger partial charge is 0.349 e. The molecule has 1 aromatic heterocycles. The van der Waals surface area contributed by atoms with E-state index < -0.39 is 5.82 Å². The van der Waals surface area contributed by atoms with Crippen LogP contribution in [0.25, 0.3) is 0 Å². The van der Waals surface area contributed by atoms with Crippen molar-refractivity contribution >= 4 is 5.91 Å². The number of amides is 1. The van der Waals surface area contributed by atoms with Gasteiger partial charge in [-0.2, -0.15) is 0 Å². The number of hydrogen-bond donors (Lipinski definition) is 2. The van der Waals surface area contributed by atoms with Gasteiger partial charge >= 0.3 is 0 Å². The van der Waals surface area contributed by atoms with Gasteiger partial charge in [-0.05, 0) is 32.0 Å². The summed E-state index contributed by atoms with van der Waals surface area (Å²) < 4.78 is 13.3. The van der Waals surface area contributed by atoms with Crippen molar-refractivity contribution in [3.63, 3.8) is 0 Å². The summed E-state index contributed by atoms with van der Waals surface area (Å²) in [6, 6.07) is 1.53. The van der Waals surface area contributed by atoms with E-state index in [1.165, 1.54) is 12.3 Å². The first-order valence-corrected chi connectivity index (χ1v) is 5.38. The standard InChI is InChI=1S/C11H14FN3O/c12-10-7-14-6-3-9(10)11(16)15-8-1-4-13-5-2-8/h3,6-8,13H,1-2,4-5H2,(H,15,16). The minimum absolute atomic E-state index is 0.0635. The van der Waals surface area contributed by atoms with E-state index in [2.05, 4.69) is 15.6 Å². The average molecular weight is 223 g/mol. The zero-order valence-corrected chi connectivity index (χ0v) is 8.87. The number of halogens is 1. The predicted octanol–water partition coefficient (Wildman–Crippen LogP) is 0.702. The van der Waals surface area contributed by atoms with Crippen LogP contribution in [0.4, 0.5) is 4.39 Å². The third-order valence-electron chi connectivity index (χ3n) is 2.69. The Labute approximate surface area is 93.3 Å². The van der Waals surface area contributed by atoms with Gasteiger partial charge in [0.15, 0.2) is 5.82 Å². The van der Waals surface area contributed by atoms with Crippen molar-refractivity contribution in [1.82, 2.24) is 15.6 Å². The van der Waals surface area contributed by atoms with Crippen molar-refractivity contribution in [1.29, 1.82) is 0 Å². The molecule has 4 nitrogen and oxygen atoms in total. The molecule has 5 heteroatoms. The summed E-state index contributed by atoms with van der Waals surface area (Å²) in [4.78, 5) is 15.3. The molecule has 0 aromatic carbocycles. The summed E-state index contributed by atoms with van der Waals surface area (Å²) >= 11 is 0. The number of pyridine rings is 1. The van der Waals surface area contributed by atoms with Gasteiger partial charge in [-0.1, -0.05) is 0 Å². The van der Waals surface area contributed by atoms with Gasteiger partial charge in [0.05, 0.1) is 11.8 Å². The normalized spacial score (nSPS) is 17.1. The molecule has 86 valence electrons. The molecule has 1 aliphatic heterocycles. The van der Waals surface area contributed by atoms with Crippen LogP contribution in [0.2, 0.25) is 0 Å². The Hall–Kier alpha value is -1.49. The van der Waals surface area contributed by atoms with Crippen LogP contribution in [0, 0.1) is 5.82 Å². The summed E-state index contributed by atoms with van der Waals surface area (Å²) in [6.07, 6.45) is 4.24. The lowest BCUT2D eigenvalue weighted by molar-refractivity contribution is 0.0925.